The van der Waals surface area contributed by atoms with Gasteiger partial charge in [-0.3, -0.25) is 0 Å². The Kier molecular flexibility index (Phi) is 6.00. The van der Waals surface area contributed by atoms with Crippen LogP contribution in [0.3, 0.4) is 0 Å². The van der Waals surface area contributed by atoms with Gasteiger partial charge >= 0.3 is 6.09 Å². The van der Waals surface area contributed by atoms with Gasteiger partial charge in [0.25, 0.3) is 0 Å². The molecule has 0 aliphatic heterocycles. The molecule has 1 aliphatic rings. The zero-order valence-electron chi connectivity index (χ0n) is 9.34. The second-order valence-electron chi connectivity index (χ2n) is 3.77. The topological polar surface area (TPSA) is 69.6 Å². The molecule has 0 bridgehead atoms. The number of aliphatic hydroxyl groups excluding tert-OH is 1. The molecule has 0 heterocycles. The molecular formula is C12H16BrNO3. The number of aliphatic hydroxyl groups is 1. The first-order valence-electron chi connectivity index (χ1n) is 5.42. The Morgan fingerprint density at radius 1 is 1.41 bits per heavy atom. The van der Waals surface area contributed by atoms with Crippen molar-refractivity contribution in [3.8, 4) is 0 Å². The van der Waals surface area contributed by atoms with E-state index >= 15 is 0 Å². The lowest BCUT2D eigenvalue weighted by atomic mass is 10.1. The lowest BCUT2D eigenvalue weighted by molar-refractivity contribution is 0.177. The fourth-order valence-electron chi connectivity index (χ4n) is 1.13. The first kappa shape index (κ1) is 14.0. The van der Waals surface area contributed by atoms with Crippen molar-refractivity contribution in [3.63, 3.8) is 0 Å². The quantitative estimate of drug-likeness (QED) is 0.752. The van der Waals surface area contributed by atoms with Crippen LogP contribution in [0.4, 0.5) is 4.79 Å². The van der Waals surface area contributed by atoms with Gasteiger partial charge in [-0.15, -0.1) is 0 Å². The number of hydrogen-bond acceptors (Lipinski definition) is 2. The molecular weight excluding hydrogens is 286 g/mol. The standard InChI is InChI=1S/C9H11NO3.C3H5Br/c11-6-8(10-9(12)13)7-4-2-1-3-5-7;4-3-1-2-3/h1-5,8,10-11H,6H2,(H,12,13);3H,1-2H2. The number of alkyl halides is 1. The number of halogens is 1. The molecule has 0 radical (unpaired) electrons. The van der Waals surface area contributed by atoms with Crippen molar-refractivity contribution in [2.45, 2.75) is 23.7 Å². The average molecular weight is 302 g/mol. The maximum absolute atomic E-state index is 10.3. The Bertz CT molecular complexity index is 341. The van der Waals surface area contributed by atoms with Gasteiger partial charge in [0, 0.05) is 4.83 Å². The summed E-state index contributed by atoms with van der Waals surface area (Å²) in [6.07, 6.45) is 1.67. The summed E-state index contributed by atoms with van der Waals surface area (Å²) in [5.41, 5.74) is 0.757. The second kappa shape index (κ2) is 7.29. The highest BCUT2D eigenvalue weighted by Crippen LogP contribution is 2.27. The van der Waals surface area contributed by atoms with Gasteiger partial charge in [0.15, 0.2) is 0 Å². The van der Waals surface area contributed by atoms with Gasteiger partial charge in [-0.2, -0.15) is 0 Å². The van der Waals surface area contributed by atoms with Crippen molar-refractivity contribution in [1.29, 1.82) is 0 Å². The van der Waals surface area contributed by atoms with E-state index in [1.54, 1.807) is 24.3 Å². The molecule has 1 amide bonds. The molecule has 0 saturated heterocycles. The molecule has 17 heavy (non-hydrogen) atoms. The highest BCUT2D eigenvalue weighted by Gasteiger charge is 2.15. The number of amides is 1. The molecule has 1 aromatic rings. The van der Waals surface area contributed by atoms with Crippen molar-refractivity contribution in [2.75, 3.05) is 6.61 Å². The zero-order valence-corrected chi connectivity index (χ0v) is 10.9. The minimum absolute atomic E-state index is 0.240. The number of hydrogen-bond donors (Lipinski definition) is 3. The molecule has 2 rings (SSSR count). The Labute approximate surface area is 109 Å². The Balaban J connectivity index is 0.000000302. The van der Waals surface area contributed by atoms with Crippen LogP contribution in [0, 0.1) is 0 Å². The van der Waals surface area contributed by atoms with Gasteiger partial charge in [0.2, 0.25) is 0 Å². The Hall–Kier alpha value is -1.07. The predicted octanol–water partition coefficient (Wildman–Crippen LogP) is 2.53. The molecule has 1 aliphatic carbocycles. The van der Waals surface area contributed by atoms with Crippen LogP contribution in [0.1, 0.15) is 24.4 Å². The van der Waals surface area contributed by atoms with Gasteiger partial charge in [0.1, 0.15) is 0 Å². The number of carbonyl (C=O) groups is 1. The van der Waals surface area contributed by atoms with E-state index in [1.807, 2.05) is 6.07 Å². The number of rotatable bonds is 3. The first-order chi connectivity index (χ1) is 8.13. The van der Waals surface area contributed by atoms with Crippen molar-refractivity contribution in [1.82, 2.24) is 5.32 Å². The van der Waals surface area contributed by atoms with Gasteiger partial charge < -0.3 is 15.5 Å². The van der Waals surface area contributed by atoms with Crippen LogP contribution < -0.4 is 5.32 Å². The van der Waals surface area contributed by atoms with Crippen molar-refractivity contribution in [2.24, 2.45) is 0 Å². The SMILES string of the molecule is BrC1CC1.O=C(O)NC(CO)c1ccccc1. The molecule has 4 nitrogen and oxygen atoms in total. The van der Waals surface area contributed by atoms with Crippen LogP contribution in [0.15, 0.2) is 30.3 Å². The summed E-state index contributed by atoms with van der Waals surface area (Å²) >= 11 is 3.38. The fourth-order valence-corrected chi connectivity index (χ4v) is 1.40. The van der Waals surface area contributed by atoms with Crippen LogP contribution >= 0.6 is 15.9 Å². The second-order valence-corrected chi connectivity index (χ2v) is 5.06. The molecule has 0 aromatic heterocycles. The summed E-state index contributed by atoms with van der Waals surface area (Å²) in [7, 11) is 0. The fraction of sp³-hybridized carbons (Fsp3) is 0.417. The van der Waals surface area contributed by atoms with Crippen molar-refractivity contribution < 1.29 is 15.0 Å². The average Bonchev–Trinajstić information content (AvgIpc) is 3.10. The van der Waals surface area contributed by atoms with Crippen LogP contribution in [0.5, 0.6) is 0 Å². The largest absolute Gasteiger partial charge is 0.465 e. The minimum atomic E-state index is -1.14. The molecule has 1 saturated carbocycles. The number of benzene rings is 1. The van der Waals surface area contributed by atoms with Crippen molar-refractivity contribution in [3.05, 3.63) is 35.9 Å². The van der Waals surface area contributed by atoms with Crippen LogP contribution in [0.25, 0.3) is 0 Å². The van der Waals surface area contributed by atoms with E-state index < -0.39 is 12.1 Å². The lowest BCUT2D eigenvalue weighted by Gasteiger charge is -2.13. The van der Waals surface area contributed by atoms with Crippen LogP contribution in [0.2, 0.25) is 0 Å². The number of nitrogens with one attached hydrogen (secondary N) is 1. The smallest absolute Gasteiger partial charge is 0.405 e. The van der Waals surface area contributed by atoms with Gasteiger partial charge in [-0.25, -0.2) is 4.79 Å². The van der Waals surface area contributed by atoms with E-state index in [9.17, 15) is 4.79 Å². The summed E-state index contributed by atoms with van der Waals surface area (Å²) in [5, 5.41) is 19.6. The van der Waals surface area contributed by atoms with Crippen LogP contribution in [-0.4, -0.2) is 27.7 Å². The lowest BCUT2D eigenvalue weighted by Crippen LogP contribution is -2.29. The molecule has 3 N–H and O–H groups in total. The van der Waals surface area contributed by atoms with Gasteiger partial charge in [-0.05, 0) is 18.4 Å². The van der Waals surface area contributed by atoms with Gasteiger partial charge in [-0.1, -0.05) is 46.3 Å². The third-order valence-corrected chi connectivity index (χ3v) is 3.10. The van der Waals surface area contributed by atoms with Crippen molar-refractivity contribution >= 4 is 22.0 Å². The molecule has 94 valence electrons. The van der Waals surface area contributed by atoms with E-state index in [0.717, 1.165) is 10.4 Å². The number of carboxylic acid groups (broad SMARTS) is 1. The molecule has 1 aromatic carbocycles. The van der Waals surface area contributed by atoms with E-state index in [1.165, 1.54) is 12.8 Å². The monoisotopic (exact) mass is 301 g/mol. The van der Waals surface area contributed by atoms with E-state index in [2.05, 4.69) is 21.2 Å². The van der Waals surface area contributed by atoms with Crippen LogP contribution in [-0.2, 0) is 0 Å². The summed E-state index contributed by atoms with van der Waals surface area (Å²) in [6.45, 7) is -0.240. The molecule has 1 atom stereocenters. The first-order valence-corrected chi connectivity index (χ1v) is 6.34. The highest BCUT2D eigenvalue weighted by atomic mass is 79.9. The summed E-state index contributed by atoms with van der Waals surface area (Å²) in [4.78, 5) is 11.2. The predicted molar refractivity (Wildman–Crippen MR) is 69.4 cm³/mol. The summed E-state index contributed by atoms with van der Waals surface area (Å²) in [6, 6.07) is 8.40. The maximum Gasteiger partial charge on any atom is 0.405 e. The molecule has 1 fully saturated rings. The summed E-state index contributed by atoms with van der Waals surface area (Å²) < 4.78 is 0. The Morgan fingerprint density at radius 2 is 1.94 bits per heavy atom. The molecule has 5 heteroatoms. The third kappa shape index (κ3) is 6.28. The molecule has 0 spiro atoms. The molecule has 1 unspecified atom stereocenters. The Morgan fingerprint density at radius 3 is 2.29 bits per heavy atom. The zero-order chi connectivity index (χ0) is 12.7. The van der Waals surface area contributed by atoms with E-state index in [0.29, 0.717) is 0 Å². The minimum Gasteiger partial charge on any atom is -0.465 e. The maximum atomic E-state index is 10.3. The summed E-state index contributed by atoms with van der Waals surface area (Å²) in [5.74, 6) is 0. The highest BCUT2D eigenvalue weighted by molar-refractivity contribution is 9.09. The third-order valence-electron chi connectivity index (χ3n) is 2.19. The van der Waals surface area contributed by atoms with E-state index in [4.69, 9.17) is 10.2 Å². The van der Waals surface area contributed by atoms with E-state index in [-0.39, 0.29) is 6.61 Å². The normalized spacial score (nSPS) is 15.4. The van der Waals surface area contributed by atoms with Gasteiger partial charge in [0.05, 0.1) is 12.6 Å².